The van der Waals surface area contributed by atoms with Gasteiger partial charge in [0, 0.05) is 11.1 Å². The molecule has 0 N–H and O–H groups in total. The van der Waals surface area contributed by atoms with Crippen molar-refractivity contribution in [2.45, 2.75) is 45.5 Å². The topological polar surface area (TPSA) is 0 Å². The van der Waals surface area contributed by atoms with Crippen LogP contribution in [0.15, 0.2) is 42.5 Å². The van der Waals surface area contributed by atoms with Crippen molar-refractivity contribution in [3.8, 4) is 11.1 Å². The fourth-order valence-electron chi connectivity index (χ4n) is 3.83. The molecule has 0 bridgehead atoms. The minimum Gasteiger partial charge on any atom is -0.206 e. The van der Waals surface area contributed by atoms with E-state index in [2.05, 4.69) is 13.8 Å². The smallest absolute Gasteiger partial charge is 0.206 e. The molecule has 1 aliphatic carbocycles. The molecule has 0 unspecified atom stereocenters. The van der Waals surface area contributed by atoms with Crippen LogP contribution in [0.5, 0.6) is 0 Å². The third-order valence-corrected chi connectivity index (χ3v) is 5.13. The van der Waals surface area contributed by atoms with Gasteiger partial charge in [-0.05, 0) is 47.4 Å². The van der Waals surface area contributed by atoms with Crippen molar-refractivity contribution in [3.63, 3.8) is 0 Å². The molecule has 1 saturated carbocycles. The SMILES string of the molecule is CC1(C)CCC[C@@H]1c1ccccc1-c1cc(C(F)F)ccc1F. The van der Waals surface area contributed by atoms with E-state index in [0.29, 0.717) is 5.92 Å². The van der Waals surface area contributed by atoms with Gasteiger partial charge in [0.15, 0.2) is 0 Å². The molecule has 2 aromatic rings. The van der Waals surface area contributed by atoms with Gasteiger partial charge in [0.1, 0.15) is 5.82 Å². The summed E-state index contributed by atoms with van der Waals surface area (Å²) in [7, 11) is 0. The van der Waals surface area contributed by atoms with E-state index < -0.39 is 12.2 Å². The van der Waals surface area contributed by atoms with E-state index in [9.17, 15) is 13.2 Å². The van der Waals surface area contributed by atoms with Gasteiger partial charge in [-0.3, -0.25) is 0 Å². The fraction of sp³-hybridized carbons (Fsp3) is 0.400. The number of rotatable bonds is 3. The van der Waals surface area contributed by atoms with E-state index in [4.69, 9.17) is 0 Å². The van der Waals surface area contributed by atoms with Crippen LogP contribution in [0.2, 0.25) is 0 Å². The summed E-state index contributed by atoms with van der Waals surface area (Å²) in [4.78, 5) is 0. The molecule has 0 nitrogen and oxygen atoms in total. The van der Waals surface area contributed by atoms with Crippen LogP contribution in [-0.4, -0.2) is 0 Å². The van der Waals surface area contributed by atoms with Crippen LogP contribution in [0.1, 0.15) is 56.6 Å². The first kappa shape index (κ1) is 16.1. The molecular formula is C20H21F3. The number of benzene rings is 2. The van der Waals surface area contributed by atoms with Gasteiger partial charge in [-0.15, -0.1) is 0 Å². The minimum atomic E-state index is -2.59. The maximum atomic E-state index is 14.3. The summed E-state index contributed by atoms with van der Waals surface area (Å²) < 4.78 is 40.3. The molecule has 0 saturated heterocycles. The van der Waals surface area contributed by atoms with Crippen molar-refractivity contribution in [1.82, 2.24) is 0 Å². The molecule has 0 amide bonds. The van der Waals surface area contributed by atoms with Crippen LogP contribution in [-0.2, 0) is 0 Å². The second kappa shape index (κ2) is 6.03. The fourth-order valence-corrected chi connectivity index (χ4v) is 3.83. The van der Waals surface area contributed by atoms with E-state index in [1.807, 2.05) is 24.3 Å². The first-order valence-electron chi connectivity index (χ1n) is 8.07. The van der Waals surface area contributed by atoms with Gasteiger partial charge in [0.2, 0.25) is 0 Å². The van der Waals surface area contributed by atoms with Crippen LogP contribution in [0, 0.1) is 11.2 Å². The molecule has 122 valence electrons. The summed E-state index contributed by atoms with van der Waals surface area (Å²) in [6.07, 6.45) is 0.738. The van der Waals surface area contributed by atoms with Crippen LogP contribution in [0.3, 0.4) is 0 Å². The molecule has 1 atom stereocenters. The van der Waals surface area contributed by atoms with Gasteiger partial charge < -0.3 is 0 Å². The third-order valence-electron chi connectivity index (χ3n) is 5.13. The summed E-state index contributed by atoms with van der Waals surface area (Å²) in [5.41, 5.74) is 2.10. The average Bonchev–Trinajstić information content (AvgIpc) is 2.87. The van der Waals surface area contributed by atoms with Crippen LogP contribution >= 0.6 is 0 Å². The average molecular weight is 318 g/mol. The van der Waals surface area contributed by atoms with E-state index in [-0.39, 0.29) is 16.5 Å². The zero-order valence-electron chi connectivity index (χ0n) is 13.5. The van der Waals surface area contributed by atoms with Gasteiger partial charge in [-0.25, -0.2) is 13.2 Å². The number of hydrogen-bond donors (Lipinski definition) is 0. The molecular weight excluding hydrogens is 297 g/mol. The van der Waals surface area contributed by atoms with Crippen molar-refractivity contribution >= 4 is 0 Å². The Kier molecular flexibility index (Phi) is 4.22. The van der Waals surface area contributed by atoms with Gasteiger partial charge in [-0.2, -0.15) is 0 Å². The molecule has 2 aromatic carbocycles. The highest BCUT2D eigenvalue weighted by Crippen LogP contribution is 2.51. The molecule has 3 rings (SSSR count). The Balaban J connectivity index is 2.13. The summed E-state index contributed by atoms with van der Waals surface area (Å²) >= 11 is 0. The van der Waals surface area contributed by atoms with Crippen LogP contribution < -0.4 is 0 Å². The Labute approximate surface area is 135 Å². The van der Waals surface area contributed by atoms with Crippen molar-refractivity contribution in [3.05, 3.63) is 59.4 Å². The van der Waals surface area contributed by atoms with Gasteiger partial charge in [0.05, 0.1) is 0 Å². The Morgan fingerprint density at radius 2 is 1.78 bits per heavy atom. The Morgan fingerprint density at radius 3 is 2.43 bits per heavy atom. The minimum absolute atomic E-state index is 0.137. The highest BCUT2D eigenvalue weighted by Gasteiger charge is 2.36. The number of hydrogen-bond acceptors (Lipinski definition) is 0. The van der Waals surface area contributed by atoms with Crippen LogP contribution in [0.4, 0.5) is 13.2 Å². The van der Waals surface area contributed by atoms with Crippen molar-refractivity contribution < 1.29 is 13.2 Å². The van der Waals surface area contributed by atoms with Crippen LogP contribution in [0.25, 0.3) is 11.1 Å². The van der Waals surface area contributed by atoms with Gasteiger partial charge in [-0.1, -0.05) is 50.6 Å². The summed E-state index contributed by atoms with van der Waals surface area (Å²) in [6.45, 7) is 4.46. The third kappa shape index (κ3) is 3.01. The monoisotopic (exact) mass is 318 g/mol. The molecule has 3 heteroatoms. The lowest BCUT2D eigenvalue weighted by molar-refractivity contribution is 0.151. The zero-order valence-corrected chi connectivity index (χ0v) is 13.5. The highest BCUT2D eigenvalue weighted by molar-refractivity contribution is 5.69. The molecule has 0 aromatic heterocycles. The van der Waals surface area contributed by atoms with Crippen molar-refractivity contribution in [2.24, 2.45) is 5.41 Å². The largest absolute Gasteiger partial charge is 0.263 e. The zero-order chi connectivity index (χ0) is 16.6. The molecule has 1 aliphatic rings. The lowest BCUT2D eigenvalue weighted by Crippen LogP contribution is -2.16. The molecule has 0 radical (unpaired) electrons. The lowest BCUT2D eigenvalue weighted by atomic mass is 9.75. The van der Waals surface area contributed by atoms with Gasteiger partial charge >= 0.3 is 0 Å². The lowest BCUT2D eigenvalue weighted by Gasteiger charge is -2.29. The van der Waals surface area contributed by atoms with Crippen molar-refractivity contribution in [1.29, 1.82) is 0 Å². The summed E-state index contributed by atoms with van der Waals surface area (Å²) in [5, 5.41) is 0. The Hall–Kier alpha value is -1.77. The second-order valence-corrected chi connectivity index (χ2v) is 7.06. The standard InChI is InChI=1S/C20H21F3/c1-20(2)11-5-8-17(20)15-7-4-3-6-14(15)16-12-13(19(22)23)9-10-18(16)21/h3-4,6-7,9-10,12,17,19H,5,8,11H2,1-2H3/t17-/m1/s1. The molecule has 0 aliphatic heterocycles. The molecule has 0 heterocycles. The number of halogens is 3. The molecule has 0 spiro atoms. The second-order valence-electron chi connectivity index (χ2n) is 7.06. The first-order chi connectivity index (χ1) is 10.9. The van der Waals surface area contributed by atoms with E-state index in [1.165, 1.54) is 6.07 Å². The van der Waals surface area contributed by atoms with E-state index >= 15 is 0 Å². The van der Waals surface area contributed by atoms with E-state index in [0.717, 1.165) is 42.5 Å². The predicted octanol–water partition coefficient (Wildman–Crippen LogP) is 6.72. The molecule has 23 heavy (non-hydrogen) atoms. The maximum absolute atomic E-state index is 14.3. The Morgan fingerprint density at radius 1 is 1.04 bits per heavy atom. The quantitative estimate of drug-likeness (QED) is 0.589. The predicted molar refractivity (Wildman–Crippen MR) is 87.2 cm³/mol. The summed E-state index contributed by atoms with van der Waals surface area (Å²) in [5.74, 6) is -0.119. The highest BCUT2D eigenvalue weighted by atomic mass is 19.3. The van der Waals surface area contributed by atoms with Gasteiger partial charge in [0.25, 0.3) is 6.43 Å². The number of alkyl halides is 2. The normalized spacial score (nSPS) is 20.2. The summed E-state index contributed by atoms with van der Waals surface area (Å²) in [6, 6.07) is 11.2. The Bertz CT molecular complexity index is 704. The van der Waals surface area contributed by atoms with E-state index in [1.54, 1.807) is 0 Å². The maximum Gasteiger partial charge on any atom is 0.263 e. The molecule has 1 fully saturated rings. The first-order valence-corrected chi connectivity index (χ1v) is 8.07. The van der Waals surface area contributed by atoms with Crippen molar-refractivity contribution in [2.75, 3.05) is 0 Å².